The molecule has 0 bridgehead atoms. The van der Waals surface area contributed by atoms with Crippen LogP contribution in [0.1, 0.15) is 20.8 Å². The lowest BCUT2D eigenvalue weighted by molar-refractivity contribution is -0.122. The molecule has 5 heteroatoms. The van der Waals surface area contributed by atoms with Gasteiger partial charge in [-0.2, -0.15) is 0 Å². The Balaban J connectivity index is 2.28. The summed E-state index contributed by atoms with van der Waals surface area (Å²) in [4.78, 5) is 16.4. The van der Waals surface area contributed by atoms with E-state index in [9.17, 15) is 4.79 Å². The van der Waals surface area contributed by atoms with Crippen molar-refractivity contribution in [3.63, 3.8) is 0 Å². The third-order valence-electron chi connectivity index (χ3n) is 3.15. The molecule has 112 valence electrons. The summed E-state index contributed by atoms with van der Waals surface area (Å²) >= 11 is 0. The second-order valence-electron chi connectivity index (χ2n) is 5.24. The van der Waals surface area contributed by atoms with Gasteiger partial charge in [0.1, 0.15) is 17.3 Å². The number of fused-ring (bicyclic) bond motifs is 1. The molecule has 0 aliphatic heterocycles. The molecule has 0 aliphatic rings. The van der Waals surface area contributed by atoms with Crippen LogP contribution in [0.25, 0.3) is 10.9 Å². The maximum absolute atomic E-state index is 12.0. The number of ether oxygens (including phenoxy) is 1. The van der Waals surface area contributed by atoms with E-state index in [2.05, 4.69) is 15.6 Å². The summed E-state index contributed by atoms with van der Waals surface area (Å²) < 4.78 is 5.32. The monoisotopic (exact) mass is 287 g/mol. The summed E-state index contributed by atoms with van der Waals surface area (Å²) in [5.41, 5.74) is 1.65. The fourth-order valence-electron chi connectivity index (χ4n) is 2.15. The number of amides is 1. The van der Waals surface area contributed by atoms with Gasteiger partial charge in [-0.05, 0) is 32.9 Å². The van der Waals surface area contributed by atoms with Crippen LogP contribution in [0.4, 0.5) is 5.69 Å². The smallest absolute Gasteiger partial charge is 0.242 e. The highest BCUT2D eigenvalue weighted by atomic mass is 16.5. The standard InChI is InChI=1S/C16H21N3O2/c1-10(2)18-16(20)11(3)19-13-8-9-17-15-12(13)6-5-7-14(15)21-4/h5-11H,1-4H3,(H,17,19)(H,18,20). The first-order valence-electron chi connectivity index (χ1n) is 7.01. The molecule has 0 saturated carbocycles. The Morgan fingerprint density at radius 2 is 2.00 bits per heavy atom. The predicted octanol–water partition coefficient (Wildman–Crippen LogP) is 2.57. The third kappa shape index (κ3) is 3.42. The first-order chi connectivity index (χ1) is 10.0. The highest BCUT2D eigenvalue weighted by molar-refractivity contribution is 5.96. The molecule has 0 aliphatic carbocycles. The molecule has 2 aromatic rings. The molecule has 1 unspecified atom stereocenters. The fourth-order valence-corrected chi connectivity index (χ4v) is 2.15. The summed E-state index contributed by atoms with van der Waals surface area (Å²) in [6, 6.07) is 7.39. The number of hydrogen-bond acceptors (Lipinski definition) is 4. The number of nitrogens with zero attached hydrogens (tertiary/aromatic N) is 1. The SMILES string of the molecule is COc1cccc2c(NC(C)C(=O)NC(C)C)ccnc12. The Morgan fingerprint density at radius 3 is 2.67 bits per heavy atom. The molecule has 0 saturated heterocycles. The van der Waals surface area contributed by atoms with Crippen LogP contribution in [-0.4, -0.2) is 30.1 Å². The lowest BCUT2D eigenvalue weighted by Crippen LogP contribution is -2.41. The average Bonchev–Trinajstić information content (AvgIpc) is 2.46. The van der Waals surface area contributed by atoms with Crippen molar-refractivity contribution >= 4 is 22.5 Å². The van der Waals surface area contributed by atoms with E-state index in [4.69, 9.17) is 4.74 Å². The van der Waals surface area contributed by atoms with Crippen molar-refractivity contribution < 1.29 is 9.53 Å². The molecule has 1 amide bonds. The number of carbonyl (C=O) groups is 1. The van der Waals surface area contributed by atoms with E-state index in [1.807, 2.05) is 45.0 Å². The number of carbonyl (C=O) groups excluding carboxylic acids is 1. The molecule has 2 N–H and O–H groups in total. The fraction of sp³-hybridized carbons (Fsp3) is 0.375. The van der Waals surface area contributed by atoms with Crippen LogP contribution in [0.5, 0.6) is 5.75 Å². The van der Waals surface area contributed by atoms with Crippen molar-refractivity contribution in [3.8, 4) is 5.75 Å². The molecule has 21 heavy (non-hydrogen) atoms. The molecule has 1 aromatic heterocycles. The Bertz CT molecular complexity index is 640. The van der Waals surface area contributed by atoms with Gasteiger partial charge in [-0.15, -0.1) is 0 Å². The van der Waals surface area contributed by atoms with Crippen molar-refractivity contribution in [1.82, 2.24) is 10.3 Å². The molecule has 0 spiro atoms. The van der Waals surface area contributed by atoms with E-state index in [0.717, 1.165) is 22.3 Å². The van der Waals surface area contributed by atoms with E-state index in [-0.39, 0.29) is 18.0 Å². The van der Waals surface area contributed by atoms with Crippen molar-refractivity contribution in [1.29, 1.82) is 0 Å². The quantitative estimate of drug-likeness (QED) is 0.887. The van der Waals surface area contributed by atoms with E-state index >= 15 is 0 Å². The first kappa shape index (κ1) is 15.1. The highest BCUT2D eigenvalue weighted by Crippen LogP contribution is 2.28. The minimum Gasteiger partial charge on any atom is -0.494 e. The molecule has 2 rings (SSSR count). The minimum atomic E-state index is -0.329. The van der Waals surface area contributed by atoms with E-state index < -0.39 is 0 Å². The molecule has 5 nitrogen and oxygen atoms in total. The topological polar surface area (TPSA) is 63.2 Å². The van der Waals surface area contributed by atoms with E-state index in [1.54, 1.807) is 13.3 Å². The number of hydrogen-bond donors (Lipinski definition) is 2. The summed E-state index contributed by atoms with van der Waals surface area (Å²) in [6.45, 7) is 5.72. The van der Waals surface area contributed by atoms with Crippen molar-refractivity contribution in [2.24, 2.45) is 0 Å². The Kier molecular flexibility index (Phi) is 4.62. The van der Waals surface area contributed by atoms with Crippen LogP contribution in [0, 0.1) is 0 Å². The molecule has 1 heterocycles. The molecular formula is C16H21N3O2. The number of pyridine rings is 1. The molecule has 0 fully saturated rings. The van der Waals surface area contributed by atoms with Gasteiger partial charge in [0.25, 0.3) is 0 Å². The number of aromatic nitrogens is 1. The van der Waals surface area contributed by atoms with Crippen LogP contribution in [0.3, 0.4) is 0 Å². The van der Waals surface area contributed by atoms with Gasteiger partial charge >= 0.3 is 0 Å². The highest BCUT2D eigenvalue weighted by Gasteiger charge is 2.15. The number of nitrogens with one attached hydrogen (secondary N) is 2. The van der Waals surface area contributed by atoms with Crippen LogP contribution < -0.4 is 15.4 Å². The second kappa shape index (κ2) is 6.43. The predicted molar refractivity (Wildman–Crippen MR) is 84.7 cm³/mol. The summed E-state index contributed by atoms with van der Waals surface area (Å²) in [5, 5.41) is 7.06. The maximum atomic E-state index is 12.0. The molecular weight excluding hydrogens is 266 g/mol. The Labute approximate surface area is 124 Å². The number of methoxy groups -OCH3 is 1. The van der Waals surface area contributed by atoms with Gasteiger partial charge in [0.05, 0.1) is 7.11 Å². The maximum Gasteiger partial charge on any atom is 0.242 e. The molecule has 1 atom stereocenters. The van der Waals surface area contributed by atoms with Crippen molar-refractivity contribution in [2.45, 2.75) is 32.9 Å². The lowest BCUT2D eigenvalue weighted by Gasteiger charge is -2.18. The van der Waals surface area contributed by atoms with Gasteiger partial charge in [-0.1, -0.05) is 12.1 Å². The first-order valence-corrected chi connectivity index (χ1v) is 7.01. The van der Waals surface area contributed by atoms with Crippen molar-refractivity contribution in [3.05, 3.63) is 30.5 Å². The Morgan fingerprint density at radius 1 is 1.24 bits per heavy atom. The number of para-hydroxylation sites is 1. The van der Waals surface area contributed by atoms with Crippen LogP contribution >= 0.6 is 0 Å². The van der Waals surface area contributed by atoms with Gasteiger partial charge < -0.3 is 15.4 Å². The van der Waals surface area contributed by atoms with Gasteiger partial charge in [-0.25, -0.2) is 0 Å². The summed E-state index contributed by atoms with van der Waals surface area (Å²) in [5.74, 6) is 0.688. The largest absolute Gasteiger partial charge is 0.494 e. The van der Waals surface area contributed by atoms with Gasteiger partial charge in [0.2, 0.25) is 5.91 Å². The Hall–Kier alpha value is -2.30. The lowest BCUT2D eigenvalue weighted by atomic mass is 10.1. The zero-order valence-electron chi connectivity index (χ0n) is 12.8. The number of anilines is 1. The minimum absolute atomic E-state index is 0.0298. The third-order valence-corrected chi connectivity index (χ3v) is 3.15. The normalized spacial score (nSPS) is 12.2. The second-order valence-corrected chi connectivity index (χ2v) is 5.24. The van der Waals surface area contributed by atoms with Gasteiger partial charge in [0.15, 0.2) is 0 Å². The van der Waals surface area contributed by atoms with E-state index in [1.165, 1.54) is 0 Å². The van der Waals surface area contributed by atoms with Crippen LogP contribution in [-0.2, 0) is 4.79 Å². The van der Waals surface area contributed by atoms with Crippen molar-refractivity contribution in [2.75, 3.05) is 12.4 Å². The zero-order valence-corrected chi connectivity index (χ0v) is 12.8. The van der Waals surface area contributed by atoms with Crippen LogP contribution in [0.2, 0.25) is 0 Å². The summed E-state index contributed by atoms with van der Waals surface area (Å²) in [7, 11) is 1.62. The van der Waals surface area contributed by atoms with Crippen LogP contribution in [0.15, 0.2) is 30.5 Å². The van der Waals surface area contributed by atoms with Gasteiger partial charge in [0, 0.05) is 23.3 Å². The average molecular weight is 287 g/mol. The molecule has 0 radical (unpaired) electrons. The van der Waals surface area contributed by atoms with Gasteiger partial charge in [-0.3, -0.25) is 9.78 Å². The number of rotatable bonds is 5. The number of benzene rings is 1. The van der Waals surface area contributed by atoms with E-state index in [0.29, 0.717) is 0 Å². The molecule has 1 aromatic carbocycles. The summed E-state index contributed by atoms with van der Waals surface area (Å²) in [6.07, 6.45) is 1.71. The zero-order chi connectivity index (χ0) is 15.4.